The summed E-state index contributed by atoms with van der Waals surface area (Å²) >= 11 is 0. The lowest BCUT2D eigenvalue weighted by Crippen LogP contribution is -2.28. The quantitative estimate of drug-likeness (QED) is 0.168. The van der Waals surface area contributed by atoms with E-state index in [1.54, 1.807) is 0 Å². The molecule has 262 valence electrons. The van der Waals surface area contributed by atoms with Crippen molar-refractivity contribution in [2.24, 2.45) is 11.8 Å². The minimum absolute atomic E-state index is 0.0510. The number of aromatic nitrogens is 1. The maximum Gasteiger partial charge on any atom is 0.0537 e. The molecule has 3 aliphatic carbocycles. The van der Waals surface area contributed by atoms with Gasteiger partial charge in [-0.15, -0.1) is 0 Å². The lowest BCUT2D eigenvalue weighted by Gasteiger charge is -2.36. The van der Waals surface area contributed by atoms with Crippen molar-refractivity contribution in [1.82, 2.24) is 4.57 Å². The SMILES string of the molecule is CC1Cc2c(c3ccccc3n2-c2ccccc2)C=C1c1ccc(N(C2=CC=C3c4ccccc4C(C)(C)C3C2)c2cccc(-c3ccccc3)c2)cc1. The molecule has 7 aromatic rings. The standard InChI is InChI=1S/C52H44N2/c1-35-31-51-47(45-22-11-13-24-50(45)54(51)39-18-8-5-9-19-39)34-46(35)37-25-27-40(28-26-37)53(41-20-14-17-38(32-41)36-15-6-4-7-16-36)42-29-30-44-43-21-10-12-23-48(43)52(2,3)49(44)33-42/h4-30,32,34-35,49H,31,33H2,1-3H3. The summed E-state index contributed by atoms with van der Waals surface area (Å²) in [5.74, 6) is 0.791. The molecular formula is C52H44N2. The molecule has 0 spiro atoms. The van der Waals surface area contributed by atoms with E-state index in [1.807, 2.05) is 0 Å². The highest BCUT2D eigenvalue weighted by atomic mass is 15.1. The number of para-hydroxylation sites is 2. The summed E-state index contributed by atoms with van der Waals surface area (Å²) in [7, 11) is 0. The zero-order valence-electron chi connectivity index (χ0n) is 31.2. The summed E-state index contributed by atoms with van der Waals surface area (Å²) in [6.07, 6.45) is 9.21. The van der Waals surface area contributed by atoms with E-state index in [2.05, 4.69) is 206 Å². The number of hydrogen-bond donors (Lipinski definition) is 0. The Morgan fingerprint density at radius 1 is 0.593 bits per heavy atom. The highest BCUT2D eigenvalue weighted by Gasteiger charge is 2.44. The first-order chi connectivity index (χ1) is 26.5. The summed E-state index contributed by atoms with van der Waals surface area (Å²) < 4.78 is 2.47. The Morgan fingerprint density at radius 2 is 1.30 bits per heavy atom. The van der Waals surface area contributed by atoms with E-state index in [-0.39, 0.29) is 5.41 Å². The van der Waals surface area contributed by atoms with Crippen molar-refractivity contribution >= 4 is 39.5 Å². The number of benzene rings is 6. The van der Waals surface area contributed by atoms with Gasteiger partial charge in [0.15, 0.2) is 0 Å². The fourth-order valence-corrected chi connectivity index (χ4v) is 9.62. The van der Waals surface area contributed by atoms with Gasteiger partial charge in [-0.2, -0.15) is 0 Å². The van der Waals surface area contributed by atoms with Crippen LogP contribution in [0.5, 0.6) is 0 Å². The molecule has 0 fully saturated rings. The molecule has 3 aliphatic rings. The highest BCUT2D eigenvalue weighted by Crippen LogP contribution is 2.55. The van der Waals surface area contributed by atoms with Crippen LogP contribution in [0.4, 0.5) is 11.4 Å². The largest absolute Gasteiger partial charge is 0.314 e. The maximum atomic E-state index is 2.51. The molecule has 0 radical (unpaired) electrons. The second-order valence-electron chi connectivity index (χ2n) is 15.9. The van der Waals surface area contributed by atoms with Crippen molar-refractivity contribution in [3.05, 3.63) is 204 Å². The Bertz CT molecular complexity index is 2630. The van der Waals surface area contributed by atoms with Gasteiger partial charge >= 0.3 is 0 Å². The summed E-state index contributed by atoms with van der Waals surface area (Å²) in [4.78, 5) is 2.51. The zero-order valence-corrected chi connectivity index (χ0v) is 31.2. The van der Waals surface area contributed by atoms with Crippen molar-refractivity contribution in [3.8, 4) is 16.8 Å². The molecule has 0 amide bonds. The van der Waals surface area contributed by atoms with Crippen LogP contribution < -0.4 is 4.90 Å². The molecule has 10 rings (SSSR count). The van der Waals surface area contributed by atoms with Crippen LogP contribution >= 0.6 is 0 Å². The Hall–Kier alpha value is -6.12. The molecule has 0 saturated carbocycles. The number of hydrogen-bond acceptors (Lipinski definition) is 1. The van der Waals surface area contributed by atoms with Gasteiger partial charge < -0.3 is 9.47 Å². The Labute approximate surface area is 319 Å². The normalized spacial score (nSPS) is 18.2. The number of anilines is 2. The van der Waals surface area contributed by atoms with Gasteiger partial charge in [-0.3, -0.25) is 0 Å². The predicted octanol–water partition coefficient (Wildman–Crippen LogP) is 13.4. The summed E-state index contributed by atoms with van der Waals surface area (Å²) in [6, 6.07) is 57.9. The summed E-state index contributed by atoms with van der Waals surface area (Å²) in [5.41, 5.74) is 18.5. The summed E-state index contributed by atoms with van der Waals surface area (Å²) in [5, 5.41) is 1.32. The minimum atomic E-state index is 0.0510. The molecule has 2 heteroatoms. The third kappa shape index (κ3) is 5.23. The first-order valence-electron chi connectivity index (χ1n) is 19.4. The van der Waals surface area contributed by atoms with Crippen molar-refractivity contribution in [1.29, 1.82) is 0 Å². The van der Waals surface area contributed by atoms with Crippen LogP contribution in [0.2, 0.25) is 0 Å². The molecule has 1 aromatic heterocycles. The lowest BCUT2D eigenvalue weighted by molar-refractivity contribution is 0.406. The number of nitrogens with zero attached hydrogens (tertiary/aromatic N) is 2. The second kappa shape index (κ2) is 12.8. The average molecular weight is 697 g/mol. The second-order valence-corrected chi connectivity index (χ2v) is 15.9. The fourth-order valence-electron chi connectivity index (χ4n) is 9.62. The smallest absolute Gasteiger partial charge is 0.0537 e. The molecule has 6 aromatic carbocycles. The van der Waals surface area contributed by atoms with E-state index in [0.29, 0.717) is 11.8 Å². The van der Waals surface area contributed by atoms with E-state index in [0.717, 1.165) is 12.8 Å². The van der Waals surface area contributed by atoms with Gasteiger partial charge in [-0.25, -0.2) is 0 Å². The molecule has 54 heavy (non-hydrogen) atoms. The highest BCUT2D eigenvalue weighted by molar-refractivity contribution is 5.99. The number of rotatable bonds is 6. The molecule has 0 saturated heterocycles. The van der Waals surface area contributed by atoms with Gasteiger partial charge in [-0.1, -0.05) is 142 Å². The van der Waals surface area contributed by atoms with Gasteiger partial charge in [0.2, 0.25) is 0 Å². The Morgan fingerprint density at radius 3 is 2.11 bits per heavy atom. The van der Waals surface area contributed by atoms with Crippen molar-refractivity contribution < 1.29 is 0 Å². The topological polar surface area (TPSA) is 8.17 Å². The van der Waals surface area contributed by atoms with Gasteiger partial charge in [0.1, 0.15) is 0 Å². The van der Waals surface area contributed by atoms with Crippen LogP contribution in [0, 0.1) is 11.8 Å². The van der Waals surface area contributed by atoms with Gasteiger partial charge in [0, 0.05) is 39.4 Å². The Kier molecular flexibility index (Phi) is 7.70. The van der Waals surface area contributed by atoms with Crippen molar-refractivity contribution in [2.45, 2.75) is 39.0 Å². The van der Waals surface area contributed by atoms with E-state index < -0.39 is 0 Å². The predicted molar refractivity (Wildman–Crippen MR) is 228 cm³/mol. The molecule has 0 aliphatic heterocycles. The average Bonchev–Trinajstić information content (AvgIpc) is 3.66. The van der Waals surface area contributed by atoms with Crippen LogP contribution in [-0.2, 0) is 11.8 Å². The lowest BCUT2D eigenvalue weighted by atomic mass is 9.74. The van der Waals surface area contributed by atoms with Crippen molar-refractivity contribution in [3.63, 3.8) is 0 Å². The fraction of sp³-hybridized carbons (Fsp3) is 0.154. The van der Waals surface area contributed by atoms with Gasteiger partial charge in [0.05, 0.1) is 5.52 Å². The molecule has 0 bridgehead atoms. The summed E-state index contributed by atoms with van der Waals surface area (Å²) in [6.45, 7) is 7.24. The third-order valence-corrected chi connectivity index (χ3v) is 12.4. The van der Waals surface area contributed by atoms with Crippen LogP contribution in [0.25, 0.3) is 44.9 Å². The minimum Gasteiger partial charge on any atom is -0.314 e. The molecule has 2 nitrogen and oxygen atoms in total. The first kappa shape index (κ1) is 32.5. The third-order valence-electron chi connectivity index (χ3n) is 12.4. The van der Waals surface area contributed by atoms with Gasteiger partial charge in [-0.05, 0) is 124 Å². The van der Waals surface area contributed by atoms with Gasteiger partial charge in [0.25, 0.3) is 0 Å². The molecule has 2 atom stereocenters. The van der Waals surface area contributed by atoms with Crippen LogP contribution in [0.3, 0.4) is 0 Å². The van der Waals surface area contributed by atoms with E-state index in [9.17, 15) is 0 Å². The first-order valence-corrected chi connectivity index (χ1v) is 19.4. The molecule has 0 N–H and O–H groups in total. The van der Waals surface area contributed by atoms with Crippen molar-refractivity contribution in [2.75, 3.05) is 4.90 Å². The number of fused-ring (bicyclic) bond motifs is 6. The number of allylic oxidation sites excluding steroid dienone is 5. The molecule has 1 heterocycles. The van der Waals surface area contributed by atoms with Crippen LogP contribution in [0.15, 0.2) is 176 Å². The maximum absolute atomic E-state index is 2.51. The molecular weight excluding hydrogens is 653 g/mol. The van der Waals surface area contributed by atoms with E-state index in [4.69, 9.17) is 0 Å². The van der Waals surface area contributed by atoms with E-state index >= 15 is 0 Å². The monoisotopic (exact) mass is 696 g/mol. The van der Waals surface area contributed by atoms with Crippen LogP contribution in [-0.4, -0.2) is 4.57 Å². The Balaban J connectivity index is 1.06. The molecule has 2 unspecified atom stereocenters. The van der Waals surface area contributed by atoms with Crippen LogP contribution in [0.1, 0.15) is 55.1 Å². The zero-order chi connectivity index (χ0) is 36.4. The van der Waals surface area contributed by atoms with E-state index in [1.165, 1.54) is 83.9 Å².